The molecule has 31 heavy (non-hydrogen) atoms. The summed E-state index contributed by atoms with van der Waals surface area (Å²) in [5, 5.41) is 13.6. The van der Waals surface area contributed by atoms with Gasteiger partial charge < -0.3 is 19.7 Å². The lowest BCUT2D eigenvalue weighted by atomic mass is 9.69. The Bertz CT molecular complexity index is 961. The summed E-state index contributed by atoms with van der Waals surface area (Å²) in [7, 11) is 0. The summed E-state index contributed by atoms with van der Waals surface area (Å²) >= 11 is 0. The second kappa shape index (κ2) is 9.08. The Balaban J connectivity index is 1.43. The molecule has 0 radical (unpaired) electrons. The zero-order valence-electron chi connectivity index (χ0n) is 18.0. The van der Waals surface area contributed by atoms with Crippen LogP contribution in [0.1, 0.15) is 62.9 Å². The summed E-state index contributed by atoms with van der Waals surface area (Å²) < 4.78 is 5.84. The normalized spacial score (nSPS) is 19.2. The van der Waals surface area contributed by atoms with Crippen molar-refractivity contribution in [2.24, 2.45) is 0 Å². The van der Waals surface area contributed by atoms with Crippen molar-refractivity contribution in [1.82, 2.24) is 15.3 Å². The predicted molar refractivity (Wildman–Crippen MR) is 116 cm³/mol. The highest BCUT2D eigenvalue weighted by atomic mass is 16.4. The molecule has 1 amide bonds. The molecule has 0 atom stereocenters. The fraction of sp³-hybridized carbons (Fsp3) is 0.565. The van der Waals surface area contributed by atoms with Crippen molar-refractivity contribution in [3.8, 4) is 5.75 Å². The van der Waals surface area contributed by atoms with Gasteiger partial charge in [0.15, 0.2) is 5.76 Å². The van der Waals surface area contributed by atoms with Crippen LogP contribution in [-0.2, 0) is 10.2 Å². The maximum atomic E-state index is 13.0. The first kappa shape index (κ1) is 21.3. The van der Waals surface area contributed by atoms with Crippen LogP contribution in [0.2, 0.25) is 0 Å². The molecule has 166 valence electrons. The summed E-state index contributed by atoms with van der Waals surface area (Å²) in [5.74, 6) is 1.05. The summed E-state index contributed by atoms with van der Waals surface area (Å²) in [6, 6.07) is 3.18. The molecule has 0 bridgehead atoms. The molecule has 1 aliphatic heterocycles. The Kier molecular flexibility index (Phi) is 6.25. The van der Waals surface area contributed by atoms with E-state index in [2.05, 4.69) is 20.2 Å². The van der Waals surface area contributed by atoms with E-state index in [0.29, 0.717) is 5.76 Å². The molecule has 8 heteroatoms. The molecule has 2 aliphatic rings. The van der Waals surface area contributed by atoms with Crippen LogP contribution in [0.15, 0.2) is 33.7 Å². The van der Waals surface area contributed by atoms with Crippen molar-refractivity contribution < 1.29 is 14.3 Å². The largest absolute Gasteiger partial charge is 0.502 e. The van der Waals surface area contributed by atoms with Crippen LogP contribution in [0, 0.1) is 6.92 Å². The fourth-order valence-electron chi connectivity index (χ4n) is 4.94. The van der Waals surface area contributed by atoms with Gasteiger partial charge >= 0.3 is 0 Å². The fourth-order valence-corrected chi connectivity index (χ4v) is 4.94. The van der Waals surface area contributed by atoms with Crippen LogP contribution in [0.5, 0.6) is 5.75 Å². The Labute approximate surface area is 181 Å². The highest BCUT2D eigenvalue weighted by molar-refractivity contribution is 5.78. The third-order valence-corrected chi connectivity index (χ3v) is 6.53. The van der Waals surface area contributed by atoms with Gasteiger partial charge in [-0.1, -0.05) is 19.3 Å². The van der Waals surface area contributed by atoms with E-state index in [1.54, 1.807) is 25.4 Å². The number of rotatable bonds is 5. The van der Waals surface area contributed by atoms with E-state index >= 15 is 0 Å². The molecule has 2 aromatic heterocycles. The number of hydrogen-bond donors (Lipinski definition) is 2. The van der Waals surface area contributed by atoms with Gasteiger partial charge in [-0.05, 0) is 38.7 Å². The van der Waals surface area contributed by atoms with E-state index < -0.39 is 10.8 Å². The van der Waals surface area contributed by atoms with Crippen molar-refractivity contribution in [2.75, 3.05) is 18.0 Å². The second-order valence-electron chi connectivity index (χ2n) is 8.79. The molecule has 0 aromatic carbocycles. The van der Waals surface area contributed by atoms with Gasteiger partial charge in [0.1, 0.15) is 5.76 Å². The lowest BCUT2D eigenvalue weighted by Gasteiger charge is -2.37. The number of carbonyl (C=O) groups excluding carboxylic acids is 1. The van der Waals surface area contributed by atoms with Crippen molar-refractivity contribution in [3.63, 3.8) is 0 Å². The van der Waals surface area contributed by atoms with Gasteiger partial charge in [-0.25, -0.2) is 9.97 Å². The number of anilines is 1. The van der Waals surface area contributed by atoms with Crippen molar-refractivity contribution >= 4 is 11.9 Å². The van der Waals surface area contributed by atoms with E-state index in [1.807, 2.05) is 0 Å². The van der Waals surface area contributed by atoms with Gasteiger partial charge in [-0.15, -0.1) is 0 Å². The molecule has 2 fully saturated rings. The maximum Gasteiger partial charge on any atom is 0.227 e. The smallest absolute Gasteiger partial charge is 0.227 e. The molecular formula is C23H30N4O4. The SMILES string of the molecule is Cc1cc(=O)c(O)c(C2(CC(=O)NC3CCN(c4ncccn4)CC3)CCCCC2)o1. The average molecular weight is 427 g/mol. The van der Waals surface area contributed by atoms with E-state index in [4.69, 9.17) is 4.42 Å². The molecule has 4 rings (SSSR count). The van der Waals surface area contributed by atoms with E-state index in [-0.39, 0.29) is 29.9 Å². The number of aromatic nitrogens is 2. The van der Waals surface area contributed by atoms with Crippen LogP contribution in [0.4, 0.5) is 5.95 Å². The number of hydrogen-bond acceptors (Lipinski definition) is 7. The third kappa shape index (κ3) is 4.73. The third-order valence-electron chi connectivity index (χ3n) is 6.53. The van der Waals surface area contributed by atoms with Crippen molar-refractivity contribution in [3.05, 3.63) is 46.3 Å². The first-order chi connectivity index (χ1) is 15.0. The number of aryl methyl sites for hydroxylation is 1. The highest BCUT2D eigenvalue weighted by Gasteiger charge is 2.41. The van der Waals surface area contributed by atoms with E-state index in [0.717, 1.165) is 64.0 Å². The first-order valence-electron chi connectivity index (χ1n) is 11.1. The molecule has 0 unspecified atom stereocenters. The monoisotopic (exact) mass is 426 g/mol. The maximum absolute atomic E-state index is 13.0. The Morgan fingerprint density at radius 2 is 1.90 bits per heavy atom. The number of nitrogens with zero attached hydrogens (tertiary/aromatic N) is 3. The number of amides is 1. The van der Waals surface area contributed by atoms with Crippen LogP contribution in [-0.4, -0.2) is 40.1 Å². The van der Waals surface area contributed by atoms with E-state index in [9.17, 15) is 14.7 Å². The van der Waals surface area contributed by atoms with Crippen LogP contribution in [0.3, 0.4) is 0 Å². The minimum atomic E-state index is -0.629. The molecule has 0 spiro atoms. The zero-order chi connectivity index (χ0) is 21.8. The van der Waals surface area contributed by atoms with Crippen LogP contribution >= 0.6 is 0 Å². The summed E-state index contributed by atoms with van der Waals surface area (Å²) in [6.07, 6.45) is 9.75. The lowest BCUT2D eigenvalue weighted by Crippen LogP contribution is -2.47. The zero-order valence-corrected chi connectivity index (χ0v) is 18.0. The van der Waals surface area contributed by atoms with Gasteiger partial charge in [0.25, 0.3) is 0 Å². The van der Waals surface area contributed by atoms with Gasteiger partial charge in [-0.3, -0.25) is 9.59 Å². The minimum Gasteiger partial charge on any atom is -0.502 e. The quantitative estimate of drug-likeness (QED) is 0.757. The molecule has 1 saturated heterocycles. The van der Waals surface area contributed by atoms with Gasteiger partial charge in [0.2, 0.25) is 23.0 Å². The number of nitrogens with one attached hydrogen (secondary N) is 1. The number of aromatic hydroxyl groups is 1. The molecular weight excluding hydrogens is 396 g/mol. The van der Waals surface area contributed by atoms with Gasteiger partial charge in [-0.2, -0.15) is 0 Å². The lowest BCUT2D eigenvalue weighted by molar-refractivity contribution is -0.123. The second-order valence-corrected chi connectivity index (χ2v) is 8.79. The van der Waals surface area contributed by atoms with Crippen molar-refractivity contribution in [2.45, 2.75) is 69.7 Å². The molecule has 1 saturated carbocycles. The topological polar surface area (TPSA) is 109 Å². The molecule has 3 heterocycles. The summed E-state index contributed by atoms with van der Waals surface area (Å²) in [5.41, 5.74) is -1.07. The first-order valence-corrected chi connectivity index (χ1v) is 11.1. The molecule has 2 N–H and O–H groups in total. The van der Waals surface area contributed by atoms with E-state index in [1.165, 1.54) is 6.07 Å². The molecule has 8 nitrogen and oxygen atoms in total. The highest BCUT2D eigenvalue weighted by Crippen LogP contribution is 2.45. The Morgan fingerprint density at radius 1 is 1.23 bits per heavy atom. The Morgan fingerprint density at radius 3 is 2.58 bits per heavy atom. The summed E-state index contributed by atoms with van der Waals surface area (Å²) in [4.78, 5) is 35.9. The number of carbonyl (C=O) groups is 1. The Hall–Kier alpha value is -2.90. The average Bonchev–Trinajstić information content (AvgIpc) is 2.78. The summed E-state index contributed by atoms with van der Waals surface area (Å²) in [6.45, 7) is 3.27. The molecule has 1 aliphatic carbocycles. The van der Waals surface area contributed by atoms with Crippen LogP contribution < -0.4 is 15.6 Å². The number of piperidine rings is 1. The van der Waals surface area contributed by atoms with Gasteiger partial charge in [0.05, 0.1) is 0 Å². The standard InChI is InChI=1S/C23H30N4O4/c1-16-14-18(28)20(30)21(31-16)23(8-3-2-4-9-23)15-19(29)26-17-6-12-27(13-7-17)22-24-10-5-11-25-22/h5,10-11,14,17,30H,2-4,6-9,12-13,15H2,1H3,(H,26,29). The minimum absolute atomic E-state index is 0.0557. The van der Waals surface area contributed by atoms with Crippen molar-refractivity contribution in [1.29, 1.82) is 0 Å². The van der Waals surface area contributed by atoms with Gasteiger partial charge in [0, 0.05) is 49.4 Å². The predicted octanol–water partition coefficient (Wildman–Crippen LogP) is 2.82. The van der Waals surface area contributed by atoms with Crippen LogP contribution in [0.25, 0.3) is 0 Å². The molecule has 2 aromatic rings.